The highest BCUT2D eigenvalue weighted by Gasteiger charge is 2.22. The number of nitrogens with zero attached hydrogens (tertiary/aromatic N) is 4. The second kappa shape index (κ2) is 10.7. The van der Waals surface area contributed by atoms with E-state index in [1.807, 2.05) is 0 Å². The Morgan fingerprint density at radius 3 is 2.12 bits per heavy atom. The highest BCUT2D eigenvalue weighted by Crippen LogP contribution is 2.41. The number of para-hydroxylation sites is 2. The lowest BCUT2D eigenvalue weighted by atomic mass is 9.99. The molecule has 238 valence electrons. The summed E-state index contributed by atoms with van der Waals surface area (Å²) in [7, 11) is 0. The third-order valence-corrected chi connectivity index (χ3v) is 8.85. The molecular formula is C45H26N4O2. The molecule has 0 amide bonds. The molecule has 0 unspecified atom stereocenters. The Morgan fingerprint density at radius 2 is 1.24 bits per heavy atom. The molecule has 6 heteroatoms. The maximum Gasteiger partial charge on any atom is 0.238 e. The molecule has 0 radical (unpaired) electrons. The predicted octanol–water partition coefficient (Wildman–Crippen LogP) is 11.8. The minimum atomic E-state index is -0.625. The van der Waals surface area contributed by atoms with Crippen LogP contribution in [0.2, 0.25) is 0 Å². The molecule has 0 saturated heterocycles. The van der Waals surface area contributed by atoms with Gasteiger partial charge in [-0.15, -0.1) is 0 Å². The van der Waals surface area contributed by atoms with Crippen molar-refractivity contribution in [3.63, 3.8) is 0 Å². The summed E-state index contributed by atoms with van der Waals surface area (Å²) >= 11 is 0. The monoisotopic (exact) mass is 669 g/mol. The van der Waals surface area contributed by atoms with Crippen molar-refractivity contribution in [2.45, 2.75) is 0 Å². The van der Waals surface area contributed by atoms with E-state index >= 15 is 0 Å². The average molecular weight is 670 g/mol. The first-order chi connectivity index (χ1) is 31.5. The highest BCUT2D eigenvalue weighted by atomic mass is 16.3. The van der Waals surface area contributed by atoms with Gasteiger partial charge in [-0.1, -0.05) is 115 Å². The minimum Gasteiger partial charge on any atom is -0.456 e. The van der Waals surface area contributed by atoms with Crippen LogP contribution in [0, 0.1) is 0 Å². The van der Waals surface area contributed by atoms with Gasteiger partial charge >= 0.3 is 0 Å². The number of rotatable bonds is 4. The maximum absolute atomic E-state index is 9.29. The summed E-state index contributed by atoms with van der Waals surface area (Å²) in [5.74, 6) is -0.0648. The summed E-state index contributed by atoms with van der Waals surface area (Å²) in [5.41, 5.74) is 1.08. The zero-order valence-electron chi connectivity index (χ0n) is 41.0. The standard InChI is InChI=1S/C45H26N4O2/c1-3-12-27(13-4-1)30-18-11-21-37-40(30)34-23-22-29(26-39(34)51-37)44-46-43(28-14-5-2-6-15-28)47-45(48-44)49-35-19-9-7-16-31(35)32-24-25-38-41(42(32)49)33-17-8-10-20-36(33)50-38/h1-26H/i1D,3D,4D,7D,8D,9D,10D,12D,13D,16D,17D,19D,20D,24D,25D. The minimum absolute atomic E-state index is 0.000548. The zero-order valence-corrected chi connectivity index (χ0v) is 26.0. The Bertz CT molecular complexity index is 3990. The molecule has 0 spiro atoms. The second-order valence-electron chi connectivity index (χ2n) is 11.7. The van der Waals surface area contributed by atoms with E-state index in [2.05, 4.69) is 0 Å². The lowest BCUT2D eigenvalue weighted by Crippen LogP contribution is -2.06. The smallest absolute Gasteiger partial charge is 0.238 e. The number of hydrogen-bond acceptors (Lipinski definition) is 5. The van der Waals surface area contributed by atoms with Gasteiger partial charge in [0.1, 0.15) is 22.3 Å². The van der Waals surface area contributed by atoms with Gasteiger partial charge in [0.25, 0.3) is 0 Å². The molecule has 0 N–H and O–H groups in total. The summed E-state index contributed by atoms with van der Waals surface area (Å²) in [4.78, 5) is 14.6. The van der Waals surface area contributed by atoms with Crippen LogP contribution < -0.4 is 0 Å². The van der Waals surface area contributed by atoms with Crippen molar-refractivity contribution in [3.8, 4) is 39.9 Å². The van der Waals surface area contributed by atoms with E-state index in [0.717, 1.165) is 0 Å². The molecule has 0 saturated carbocycles. The molecule has 0 bridgehead atoms. The molecule has 0 fully saturated rings. The van der Waals surface area contributed by atoms with Crippen LogP contribution in [0.5, 0.6) is 0 Å². The Balaban J connectivity index is 1.26. The molecule has 11 rings (SSSR count). The van der Waals surface area contributed by atoms with Gasteiger partial charge in [0.15, 0.2) is 11.6 Å². The van der Waals surface area contributed by atoms with E-state index in [1.54, 1.807) is 66.7 Å². The Hall–Kier alpha value is -7.05. The van der Waals surface area contributed by atoms with Crippen molar-refractivity contribution in [3.05, 3.63) is 157 Å². The molecule has 4 aromatic heterocycles. The topological polar surface area (TPSA) is 69.9 Å². The van der Waals surface area contributed by atoms with Crippen molar-refractivity contribution < 1.29 is 29.4 Å². The van der Waals surface area contributed by atoms with Crippen molar-refractivity contribution >= 4 is 65.7 Å². The van der Waals surface area contributed by atoms with E-state index in [0.29, 0.717) is 38.6 Å². The first-order valence-electron chi connectivity index (χ1n) is 23.2. The molecular weight excluding hydrogens is 629 g/mol. The lowest BCUT2D eigenvalue weighted by Gasteiger charge is -2.11. The summed E-state index contributed by atoms with van der Waals surface area (Å²) in [5, 5.41) is 0.528. The molecule has 11 aromatic rings. The van der Waals surface area contributed by atoms with E-state index in [1.165, 1.54) is 4.57 Å². The fraction of sp³-hybridized carbons (Fsp3) is 0. The SMILES string of the molecule is [2H]c1c([2H])c([2H])c(-c2cccc3oc4cc(-c5nc(-c6ccccc6)nc(-n6c7c([2H])c([2H])c([2H])c([2H])c7c7c([2H])c([2H])c8oc9c([2H])c([2H])c([2H])c([2H])c9c8c76)n5)ccc4c23)c([2H])c1[2H]. The van der Waals surface area contributed by atoms with Crippen LogP contribution in [0.1, 0.15) is 20.6 Å². The molecule has 51 heavy (non-hydrogen) atoms. The van der Waals surface area contributed by atoms with Crippen LogP contribution in [-0.4, -0.2) is 19.5 Å². The summed E-state index contributed by atoms with van der Waals surface area (Å²) < 4.78 is 144. The van der Waals surface area contributed by atoms with Gasteiger partial charge in [0.05, 0.1) is 37.0 Å². The van der Waals surface area contributed by atoms with Crippen LogP contribution in [0.3, 0.4) is 0 Å². The Labute approximate surface area is 311 Å². The fourth-order valence-electron chi connectivity index (χ4n) is 6.68. The number of hydrogen-bond donors (Lipinski definition) is 0. The van der Waals surface area contributed by atoms with Gasteiger partial charge in [-0.3, -0.25) is 4.57 Å². The van der Waals surface area contributed by atoms with E-state index in [9.17, 15) is 2.74 Å². The van der Waals surface area contributed by atoms with Crippen molar-refractivity contribution in [1.29, 1.82) is 0 Å². The van der Waals surface area contributed by atoms with E-state index in [4.69, 9.17) is 41.6 Å². The normalized spacial score (nSPS) is 16.0. The number of benzene rings is 7. The number of fused-ring (bicyclic) bond motifs is 10. The van der Waals surface area contributed by atoms with Crippen LogP contribution in [-0.2, 0) is 0 Å². The van der Waals surface area contributed by atoms with Gasteiger partial charge in [-0.25, -0.2) is 4.98 Å². The second-order valence-corrected chi connectivity index (χ2v) is 11.7. The van der Waals surface area contributed by atoms with Gasteiger partial charge in [0.2, 0.25) is 5.95 Å². The van der Waals surface area contributed by atoms with E-state index in [-0.39, 0.29) is 79.0 Å². The van der Waals surface area contributed by atoms with Crippen molar-refractivity contribution in [1.82, 2.24) is 19.5 Å². The Kier molecular flexibility index (Phi) is 3.59. The summed E-state index contributed by atoms with van der Waals surface area (Å²) in [6.45, 7) is 0. The molecule has 4 heterocycles. The van der Waals surface area contributed by atoms with Crippen molar-refractivity contribution in [2.24, 2.45) is 0 Å². The average Bonchev–Trinajstić information content (AvgIpc) is 4.03. The molecule has 0 aliphatic heterocycles. The predicted molar refractivity (Wildman–Crippen MR) is 205 cm³/mol. The zero-order chi connectivity index (χ0) is 46.5. The maximum atomic E-state index is 9.29. The molecule has 0 atom stereocenters. The van der Waals surface area contributed by atoms with Crippen molar-refractivity contribution in [2.75, 3.05) is 0 Å². The molecule has 0 aliphatic rings. The van der Waals surface area contributed by atoms with Crippen LogP contribution in [0.25, 0.3) is 106 Å². The first-order valence-corrected chi connectivity index (χ1v) is 15.7. The van der Waals surface area contributed by atoms with Crippen LogP contribution in [0.15, 0.2) is 166 Å². The lowest BCUT2D eigenvalue weighted by molar-refractivity contribution is 0.668. The molecule has 7 aromatic carbocycles. The van der Waals surface area contributed by atoms with Crippen LogP contribution in [0.4, 0.5) is 0 Å². The van der Waals surface area contributed by atoms with Gasteiger partial charge in [0, 0.05) is 38.1 Å². The summed E-state index contributed by atoms with van der Waals surface area (Å²) in [6.07, 6.45) is 0. The van der Waals surface area contributed by atoms with Crippen LogP contribution >= 0.6 is 0 Å². The number of aromatic nitrogens is 4. The molecule has 6 nitrogen and oxygen atoms in total. The van der Waals surface area contributed by atoms with Gasteiger partial charge in [-0.05, 0) is 53.5 Å². The summed E-state index contributed by atoms with van der Waals surface area (Å²) in [6, 6.07) is 11.0. The third kappa shape index (κ3) is 4.20. The quantitative estimate of drug-likeness (QED) is 0.186. The largest absolute Gasteiger partial charge is 0.456 e. The van der Waals surface area contributed by atoms with E-state index < -0.39 is 78.6 Å². The Morgan fingerprint density at radius 1 is 0.471 bits per heavy atom. The van der Waals surface area contributed by atoms with Gasteiger partial charge < -0.3 is 8.83 Å². The van der Waals surface area contributed by atoms with Gasteiger partial charge in [-0.2, -0.15) is 9.97 Å². The number of furan rings is 2. The fourth-order valence-corrected chi connectivity index (χ4v) is 6.68. The molecule has 0 aliphatic carbocycles. The highest BCUT2D eigenvalue weighted by molar-refractivity contribution is 6.24. The third-order valence-electron chi connectivity index (χ3n) is 8.85. The first kappa shape index (κ1) is 17.1.